The summed E-state index contributed by atoms with van der Waals surface area (Å²) in [7, 11) is -3.39. The van der Waals surface area contributed by atoms with Gasteiger partial charge in [-0.2, -0.15) is 0 Å². The minimum atomic E-state index is -3.39. The molecule has 1 rings (SSSR count). The fourth-order valence-electron chi connectivity index (χ4n) is 2.18. The zero-order valence-corrected chi connectivity index (χ0v) is 12.5. The lowest BCUT2D eigenvalue weighted by atomic mass is 10.1. The summed E-state index contributed by atoms with van der Waals surface area (Å²) >= 11 is 0. The lowest BCUT2D eigenvalue weighted by Crippen LogP contribution is -2.37. The Labute approximate surface area is 110 Å². The predicted octanol–water partition coefficient (Wildman–Crippen LogP) is 2.32. The van der Waals surface area contributed by atoms with E-state index in [0.717, 1.165) is 25.7 Å². The van der Waals surface area contributed by atoms with Crippen molar-refractivity contribution in [2.75, 3.05) is 5.75 Å². The molecule has 1 saturated carbocycles. The molecule has 0 bridgehead atoms. The van der Waals surface area contributed by atoms with Crippen molar-refractivity contribution in [2.45, 2.75) is 64.2 Å². The molecule has 1 atom stereocenters. The first-order chi connectivity index (χ1) is 8.12. The van der Waals surface area contributed by atoms with Gasteiger partial charge >= 0.3 is 5.97 Å². The van der Waals surface area contributed by atoms with Gasteiger partial charge in [0.15, 0.2) is 15.1 Å². The summed E-state index contributed by atoms with van der Waals surface area (Å²) in [6, 6.07) is 0. The first-order valence-electron chi connectivity index (χ1n) is 6.56. The zero-order valence-electron chi connectivity index (χ0n) is 11.7. The van der Waals surface area contributed by atoms with Gasteiger partial charge in [-0.25, -0.2) is 8.42 Å². The summed E-state index contributed by atoms with van der Waals surface area (Å²) < 4.78 is 29.4. The number of rotatable bonds is 4. The molecule has 1 aliphatic carbocycles. The maximum absolute atomic E-state index is 12.1. The first kappa shape index (κ1) is 15.5. The van der Waals surface area contributed by atoms with Gasteiger partial charge in [-0.1, -0.05) is 12.8 Å². The smallest absolute Gasteiger partial charge is 0.324 e. The number of hydrogen-bond acceptors (Lipinski definition) is 4. The molecular formula is C13H24O4S. The lowest BCUT2D eigenvalue weighted by Gasteiger charge is -2.22. The number of sulfone groups is 1. The molecule has 1 fully saturated rings. The van der Waals surface area contributed by atoms with Crippen LogP contribution in [-0.2, 0) is 19.4 Å². The summed E-state index contributed by atoms with van der Waals surface area (Å²) in [6.07, 6.45) is 4.11. The standard InChI is InChI=1S/C13H24O4S/c1-10(12(14)17-13(2,3)4)18(15,16)9-11-7-5-6-8-11/h10-11H,5-9H2,1-4H3. The second-order valence-corrected chi connectivity index (χ2v) is 8.52. The maximum atomic E-state index is 12.1. The van der Waals surface area contributed by atoms with Gasteiger partial charge in [0.25, 0.3) is 0 Å². The van der Waals surface area contributed by atoms with Crippen LogP contribution in [0.25, 0.3) is 0 Å². The molecule has 1 aliphatic rings. The quantitative estimate of drug-likeness (QED) is 0.739. The molecule has 18 heavy (non-hydrogen) atoms. The van der Waals surface area contributed by atoms with E-state index >= 15 is 0 Å². The summed E-state index contributed by atoms with van der Waals surface area (Å²) in [4.78, 5) is 11.8. The van der Waals surface area contributed by atoms with Crippen LogP contribution in [0.1, 0.15) is 53.4 Å². The zero-order chi connectivity index (χ0) is 14.0. The van der Waals surface area contributed by atoms with Gasteiger partial charge in [0, 0.05) is 0 Å². The fraction of sp³-hybridized carbons (Fsp3) is 0.923. The van der Waals surface area contributed by atoms with Gasteiger partial charge in [0.05, 0.1) is 5.75 Å². The average Bonchev–Trinajstić information content (AvgIpc) is 2.65. The molecule has 1 unspecified atom stereocenters. The second kappa shape index (κ2) is 5.59. The Morgan fingerprint density at radius 3 is 2.22 bits per heavy atom. The van der Waals surface area contributed by atoms with Crippen molar-refractivity contribution in [1.29, 1.82) is 0 Å². The van der Waals surface area contributed by atoms with Crippen molar-refractivity contribution in [3.63, 3.8) is 0 Å². The Bertz CT molecular complexity index is 386. The van der Waals surface area contributed by atoms with Crippen molar-refractivity contribution >= 4 is 15.8 Å². The molecule has 0 N–H and O–H groups in total. The lowest BCUT2D eigenvalue weighted by molar-refractivity contribution is -0.153. The molecule has 0 aromatic carbocycles. The van der Waals surface area contributed by atoms with Crippen molar-refractivity contribution < 1.29 is 17.9 Å². The highest BCUT2D eigenvalue weighted by molar-refractivity contribution is 7.92. The summed E-state index contributed by atoms with van der Waals surface area (Å²) in [5.41, 5.74) is -0.645. The van der Waals surface area contributed by atoms with E-state index in [1.165, 1.54) is 6.92 Å². The fourth-order valence-corrected chi connectivity index (χ4v) is 3.80. The number of ether oxygens (including phenoxy) is 1. The Hall–Kier alpha value is -0.580. The van der Waals surface area contributed by atoms with E-state index in [2.05, 4.69) is 0 Å². The SMILES string of the molecule is CC(C(=O)OC(C)(C)C)S(=O)(=O)CC1CCCC1. The van der Waals surface area contributed by atoms with Gasteiger partial charge in [0.2, 0.25) is 0 Å². The normalized spacial score (nSPS) is 19.8. The molecule has 0 saturated heterocycles. The highest BCUT2D eigenvalue weighted by Gasteiger charge is 2.34. The van der Waals surface area contributed by atoms with Crippen molar-refractivity contribution in [3.8, 4) is 0 Å². The topological polar surface area (TPSA) is 60.4 Å². The number of carbonyl (C=O) groups excluding carboxylic acids is 1. The summed E-state index contributed by atoms with van der Waals surface area (Å²) in [5, 5.41) is -1.06. The molecule has 5 heteroatoms. The minimum Gasteiger partial charge on any atom is -0.459 e. The van der Waals surface area contributed by atoms with Crippen LogP contribution in [0.3, 0.4) is 0 Å². The Kier molecular flexibility index (Phi) is 4.81. The maximum Gasteiger partial charge on any atom is 0.324 e. The third kappa shape index (κ3) is 4.59. The Morgan fingerprint density at radius 1 is 1.28 bits per heavy atom. The van der Waals surface area contributed by atoms with Gasteiger partial charge in [-0.3, -0.25) is 4.79 Å². The first-order valence-corrected chi connectivity index (χ1v) is 8.28. The molecule has 4 nitrogen and oxygen atoms in total. The van der Waals surface area contributed by atoms with Crippen molar-refractivity contribution in [1.82, 2.24) is 0 Å². The van der Waals surface area contributed by atoms with E-state index in [1.807, 2.05) is 0 Å². The van der Waals surface area contributed by atoms with Crippen LogP contribution in [0.15, 0.2) is 0 Å². The molecule has 106 valence electrons. The predicted molar refractivity (Wildman–Crippen MR) is 71.1 cm³/mol. The van der Waals surface area contributed by atoms with E-state index in [0.29, 0.717) is 0 Å². The van der Waals surface area contributed by atoms with E-state index in [4.69, 9.17) is 4.74 Å². The molecule has 0 aromatic heterocycles. The average molecular weight is 276 g/mol. The highest BCUT2D eigenvalue weighted by atomic mass is 32.2. The molecule has 0 radical (unpaired) electrons. The number of hydrogen-bond donors (Lipinski definition) is 0. The molecule has 0 aromatic rings. The number of carbonyl (C=O) groups is 1. The minimum absolute atomic E-state index is 0.118. The van der Waals surface area contributed by atoms with Crippen LogP contribution in [0.2, 0.25) is 0 Å². The molecule has 0 amide bonds. The Balaban J connectivity index is 2.63. The van der Waals surface area contributed by atoms with Crippen molar-refractivity contribution in [2.24, 2.45) is 5.92 Å². The van der Waals surface area contributed by atoms with E-state index < -0.39 is 26.7 Å². The van der Waals surface area contributed by atoms with Gasteiger partial charge in [-0.05, 0) is 46.5 Å². The second-order valence-electron chi connectivity index (χ2n) is 6.16. The van der Waals surface area contributed by atoms with Crippen LogP contribution >= 0.6 is 0 Å². The highest BCUT2D eigenvalue weighted by Crippen LogP contribution is 2.27. The molecular weight excluding hydrogens is 252 g/mol. The third-order valence-electron chi connectivity index (χ3n) is 3.22. The van der Waals surface area contributed by atoms with Crippen molar-refractivity contribution in [3.05, 3.63) is 0 Å². The van der Waals surface area contributed by atoms with Crippen LogP contribution in [0.4, 0.5) is 0 Å². The summed E-state index contributed by atoms with van der Waals surface area (Å²) in [5.74, 6) is -0.298. The van der Waals surface area contributed by atoms with Gasteiger partial charge in [0.1, 0.15) is 5.60 Å². The molecule has 0 heterocycles. The van der Waals surface area contributed by atoms with Crippen LogP contribution < -0.4 is 0 Å². The van der Waals surface area contributed by atoms with Crippen LogP contribution in [0, 0.1) is 5.92 Å². The Morgan fingerprint density at radius 2 is 1.78 bits per heavy atom. The largest absolute Gasteiger partial charge is 0.459 e. The molecule has 0 aliphatic heterocycles. The van der Waals surface area contributed by atoms with Crippen LogP contribution in [-0.4, -0.2) is 31.0 Å². The monoisotopic (exact) mass is 276 g/mol. The van der Waals surface area contributed by atoms with Gasteiger partial charge in [-0.15, -0.1) is 0 Å². The van der Waals surface area contributed by atoms with E-state index in [-0.39, 0.29) is 11.7 Å². The molecule has 0 spiro atoms. The van der Waals surface area contributed by atoms with E-state index in [1.54, 1.807) is 20.8 Å². The third-order valence-corrected chi connectivity index (χ3v) is 5.43. The van der Waals surface area contributed by atoms with E-state index in [9.17, 15) is 13.2 Å². The summed E-state index contributed by atoms with van der Waals surface area (Å²) in [6.45, 7) is 6.64. The number of esters is 1. The van der Waals surface area contributed by atoms with Gasteiger partial charge < -0.3 is 4.74 Å². The van der Waals surface area contributed by atoms with Crippen LogP contribution in [0.5, 0.6) is 0 Å².